The van der Waals surface area contributed by atoms with Crippen molar-refractivity contribution < 1.29 is 0 Å². The topological polar surface area (TPSA) is 12.0 Å². The van der Waals surface area contributed by atoms with E-state index in [-0.39, 0.29) is 0 Å². The van der Waals surface area contributed by atoms with Crippen LogP contribution in [0.4, 0.5) is 0 Å². The highest BCUT2D eigenvalue weighted by Crippen LogP contribution is 2.20. The Labute approximate surface area is 129 Å². The van der Waals surface area contributed by atoms with Gasteiger partial charge in [-0.05, 0) is 42.5 Å². The van der Waals surface area contributed by atoms with E-state index in [1.54, 1.807) is 0 Å². The van der Waals surface area contributed by atoms with Crippen molar-refractivity contribution in [3.8, 4) is 0 Å². The smallest absolute Gasteiger partial charge is 0.00233 e. The minimum Gasteiger partial charge on any atom is -0.316 e. The second-order valence-electron chi connectivity index (χ2n) is 5.69. The van der Waals surface area contributed by atoms with Crippen molar-refractivity contribution >= 4 is 0 Å². The summed E-state index contributed by atoms with van der Waals surface area (Å²) < 4.78 is 0. The molecule has 0 spiro atoms. The van der Waals surface area contributed by atoms with Gasteiger partial charge in [0.05, 0.1) is 0 Å². The Morgan fingerprint density at radius 3 is 2.14 bits per heavy atom. The molecule has 1 nitrogen and oxygen atoms in total. The van der Waals surface area contributed by atoms with E-state index in [2.05, 4.69) is 73.8 Å². The van der Waals surface area contributed by atoms with E-state index in [9.17, 15) is 0 Å². The van der Waals surface area contributed by atoms with Crippen LogP contribution in [0, 0.1) is 0 Å². The molecule has 1 N–H and O–H groups in total. The minimum atomic E-state index is 0.547. The van der Waals surface area contributed by atoms with Gasteiger partial charge in [-0.2, -0.15) is 0 Å². The Bertz CT molecular complexity index is 501. The molecule has 0 fully saturated rings. The van der Waals surface area contributed by atoms with Crippen LogP contribution in [0.1, 0.15) is 42.9 Å². The zero-order valence-corrected chi connectivity index (χ0v) is 13.3. The Morgan fingerprint density at radius 2 is 1.52 bits per heavy atom. The van der Waals surface area contributed by atoms with Gasteiger partial charge in [-0.25, -0.2) is 0 Å². The van der Waals surface area contributed by atoms with Gasteiger partial charge >= 0.3 is 0 Å². The third-order valence-corrected chi connectivity index (χ3v) is 4.00. The average molecular weight is 281 g/mol. The van der Waals surface area contributed by atoms with Gasteiger partial charge in [0, 0.05) is 12.5 Å². The van der Waals surface area contributed by atoms with E-state index in [4.69, 9.17) is 0 Å². The van der Waals surface area contributed by atoms with Crippen LogP contribution in [0.2, 0.25) is 0 Å². The first-order valence-electron chi connectivity index (χ1n) is 8.17. The van der Waals surface area contributed by atoms with Gasteiger partial charge in [0.25, 0.3) is 0 Å². The number of aryl methyl sites for hydroxylation is 1. The predicted octanol–water partition coefficient (Wildman–Crippen LogP) is 4.57. The lowest BCUT2D eigenvalue weighted by molar-refractivity contribution is 0.576. The molecule has 0 aliphatic rings. The molecule has 2 aromatic rings. The largest absolute Gasteiger partial charge is 0.316 e. The predicted molar refractivity (Wildman–Crippen MR) is 91.9 cm³/mol. The lowest BCUT2D eigenvalue weighted by Crippen LogP contribution is -2.23. The molecule has 1 unspecified atom stereocenters. The molecule has 0 amide bonds. The van der Waals surface area contributed by atoms with Gasteiger partial charge in [0.15, 0.2) is 0 Å². The fraction of sp³-hybridized carbons (Fsp3) is 0.400. The summed E-state index contributed by atoms with van der Waals surface area (Å²) in [5.74, 6) is 0.547. The normalized spacial score (nSPS) is 12.3. The molecule has 0 radical (unpaired) electrons. The van der Waals surface area contributed by atoms with Crippen molar-refractivity contribution in [1.82, 2.24) is 5.32 Å². The van der Waals surface area contributed by atoms with Crippen molar-refractivity contribution in [3.63, 3.8) is 0 Å². The van der Waals surface area contributed by atoms with Gasteiger partial charge in [-0.1, -0.05) is 68.4 Å². The maximum atomic E-state index is 3.58. The molecule has 2 rings (SSSR count). The average Bonchev–Trinajstić information content (AvgIpc) is 2.55. The van der Waals surface area contributed by atoms with Gasteiger partial charge in [-0.15, -0.1) is 0 Å². The van der Waals surface area contributed by atoms with Crippen molar-refractivity contribution in [3.05, 3.63) is 71.3 Å². The molecule has 0 aliphatic carbocycles. The van der Waals surface area contributed by atoms with Crippen LogP contribution in [0.25, 0.3) is 0 Å². The van der Waals surface area contributed by atoms with E-state index >= 15 is 0 Å². The second-order valence-corrected chi connectivity index (χ2v) is 5.69. The molecule has 112 valence electrons. The molecule has 0 aliphatic heterocycles. The van der Waals surface area contributed by atoms with E-state index in [0.29, 0.717) is 5.92 Å². The van der Waals surface area contributed by atoms with E-state index < -0.39 is 0 Å². The molecule has 1 atom stereocenters. The highest BCUT2D eigenvalue weighted by Gasteiger charge is 2.11. The maximum Gasteiger partial charge on any atom is 0.00233 e. The van der Waals surface area contributed by atoms with Crippen molar-refractivity contribution in [2.45, 2.75) is 39.0 Å². The van der Waals surface area contributed by atoms with Crippen LogP contribution in [-0.4, -0.2) is 13.1 Å². The van der Waals surface area contributed by atoms with Crippen LogP contribution < -0.4 is 5.32 Å². The molecule has 0 saturated carbocycles. The summed E-state index contributed by atoms with van der Waals surface area (Å²) in [7, 11) is 0. The SMILES string of the molecule is CCCNCC(Cc1ccc(CC)cc1)c1ccccc1. The first kappa shape index (κ1) is 15.8. The van der Waals surface area contributed by atoms with E-state index in [1.807, 2.05) is 0 Å². The minimum absolute atomic E-state index is 0.547. The summed E-state index contributed by atoms with van der Waals surface area (Å²) in [6.45, 7) is 6.57. The molecule has 0 heterocycles. The van der Waals surface area contributed by atoms with E-state index in [0.717, 1.165) is 25.9 Å². The number of benzene rings is 2. The summed E-state index contributed by atoms with van der Waals surface area (Å²) in [6.07, 6.45) is 3.40. The molecule has 0 bridgehead atoms. The second kappa shape index (κ2) is 8.63. The van der Waals surface area contributed by atoms with Gasteiger partial charge in [-0.3, -0.25) is 0 Å². The Hall–Kier alpha value is -1.60. The number of nitrogens with one attached hydrogen (secondary N) is 1. The first-order valence-corrected chi connectivity index (χ1v) is 8.17. The molecule has 21 heavy (non-hydrogen) atoms. The highest BCUT2D eigenvalue weighted by atomic mass is 14.8. The van der Waals surface area contributed by atoms with Crippen molar-refractivity contribution in [2.24, 2.45) is 0 Å². The molecule has 1 heteroatoms. The van der Waals surface area contributed by atoms with Gasteiger partial charge < -0.3 is 5.32 Å². The van der Waals surface area contributed by atoms with Crippen LogP contribution >= 0.6 is 0 Å². The molecule has 0 aromatic heterocycles. The Balaban J connectivity index is 2.07. The van der Waals surface area contributed by atoms with Gasteiger partial charge in [0.1, 0.15) is 0 Å². The van der Waals surface area contributed by atoms with Crippen LogP contribution in [0.5, 0.6) is 0 Å². The standard InChI is InChI=1S/C20H27N/c1-3-14-21-16-20(19-8-6-5-7-9-19)15-18-12-10-17(4-2)11-13-18/h5-13,20-21H,3-4,14-16H2,1-2H3. The lowest BCUT2D eigenvalue weighted by atomic mass is 9.91. The quantitative estimate of drug-likeness (QED) is 0.699. The lowest BCUT2D eigenvalue weighted by Gasteiger charge is -2.18. The van der Waals surface area contributed by atoms with Crippen molar-refractivity contribution in [1.29, 1.82) is 0 Å². The van der Waals surface area contributed by atoms with E-state index in [1.165, 1.54) is 23.1 Å². The third-order valence-electron chi connectivity index (χ3n) is 4.00. The third kappa shape index (κ3) is 5.02. The maximum absolute atomic E-state index is 3.58. The molecular formula is C20H27N. The summed E-state index contributed by atoms with van der Waals surface area (Å²) >= 11 is 0. The van der Waals surface area contributed by atoms with Crippen LogP contribution in [0.3, 0.4) is 0 Å². The van der Waals surface area contributed by atoms with Gasteiger partial charge in [0.2, 0.25) is 0 Å². The molecule has 2 aromatic carbocycles. The Morgan fingerprint density at radius 1 is 0.857 bits per heavy atom. The number of hydrogen-bond donors (Lipinski definition) is 1. The first-order chi connectivity index (χ1) is 10.3. The summed E-state index contributed by atoms with van der Waals surface area (Å²) in [5.41, 5.74) is 4.28. The fourth-order valence-electron chi connectivity index (χ4n) is 2.68. The molecular weight excluding hydrogens is 254 g/mol. The number of rotatable bonds is 8. The Kier molecular flexibility index (Phi) is 6.49. The number of hydrogen-bond acceptors (Lipinski definition) is 1. The summed E-state index contributed by atoms with van der Waals surface area (Å²) in [6, 6.07) is 20.0. The monoisotopic (exact) mass is 281 g/mol. The zero-order valence-electron chi connectivity index (χ0n) is 13.3. The van der Waals surface area contributed by atoms with Crippen LogP contribution in [0.15, 0.2) is 54.6 Å². The van der Waals surface area contributed by atoms with Crippen molar-refractivity contribution in [2.75, 3.05) is 13.1 Å². The highest BCUT2D eigenvalue weighted by molar-refractivity contribution is 5.27. The fourth-order valence-corrected chi connectivity index (χ4v) is 2.68. The summed E-state index contributed by atoms with van der Waals surface area (Å²) in [4.78, 5) is 0. The van der Waals surface area contributed by atoms with Crippen LogP contribution in [-0.2, 0) is 12.8 Å². The zero-order chi connectivity index (χ0) is 14.9. The summed E-state index contributed by atoms with van der Waals surface area (Å²) in [5, 5.41) is 3.58. The molecule has 0 saturated heterocycles.